The molecule has 1 atom stereocenters. The van der Waals surface area contributed by atoms with Gasteiger partial charge >= 0.3 is 5.69 Å². The van der Waals surface area contributed by atoms with Crippen molar-refractivity contribution in [3.05, 3.63) is 62.4 Å². The lowest BCUT2D eigenvalue weighted by Gasteiger charge is -2.11. The first-order chi connectivity index (χ1) is 9.13. The van der Waals surface area contributed by atoms with Crippen LogP contribution in [0.4, 0.5) is 0 Å². The molecule has 1 N–H and O–H groups in total. The highest BCUT2D eigenvalue weighted by Gasteiger charge is 2.24. The van der Waals surface area contributed by atoms with Crippen LogP contribution in [0.2, 0.25) is 0 Å². The van der Waals surface area contributed by atoms with E-state index in [4.69, 9.17) is 4.74 Å². The van der Waals surface area contributed by atoms with Crippen molar-refractivity contribution in [2.45, 2.75) is 26.0 Å². The summed E-state index contributed by atoms with van der Waals surface area (Å²) in [7, 11) is 0. The second-order valence-corrected chi connectivity index (χ2v) is 4.79. The van der Waals surface area contributed by atoms with Gasteiger partial charge in [0, 0.05) is 18.7 Å². The van der Waals surface area contributed by atoms with Crippen LogP contribution in [0.3, 0.4) is 0 Å². The summed E-state index contributed by atoms with van der Waals surface area (Å²) in [4.78, 5) is 25.7. The van der Waals surface area contributed by atoms with Crippen LogP contribution in [-0.2, 0) is 13.0 Å². The number of nitrogens with zero attached hydrogens (tertiary/aromatic N) is 1. The normalized spacial score (nSPS) is 17.0. The van der Waals surface area contributed by atoms with Gasteiger partial charge in [0.05, 0.1) is 6.54 Å². The maximum absolute atomic E-state index is 11.6. The highest BCUT2D eigenvalue weighted by Crippen LogP contribution is 2.29. The highest BCUT2D eigenvalue weighted by molar-refractivity contribution is 5.40. The van der Waals surface area contributed by atoms with Gasteiger partial charge in [0.25, 0.3) is 5.56 Å². The molecule has 0 saturated heterocycles. The number of H-pyrrole nitrogens is 1. The molecule has 5 nitrogen and oxygen atoms in total. The summed E-state index contributed by atoms with van der Waals surface area (Å²) in [5.41, 5.74) is 1.60. The predicted molar refractivity (Wildman–Crippen MR) is 70.6 cm³/mol. The van der Waals surface area contributed by atoms with Crippen molar-refractivity contribution in [1.29, 1.82) is 0 Å². The molecule has 0 bridgehead atoms. The molecular weight excluding hydrogens is 244 g/mol. The Morgan fingerprint density at radius 2 is 2.21 bits per heavy atom. The minimum atomic E-state index is -0.400. The van der Waals surface area contributed by atoms with Gasteiger partial charge in [-0.1, -0.05) is 17.7 Å². The lowest BCUT2D eigenvalue weighted by molar-refractivity contribution is 0.205. The lowest BCUT2D eigenvalue weighted by Crippen LogP contribution is -2.38. The van der Waals surface area contributed by atoms with E-state index in [0.29, 0.717) is 0 Å². The van der Waals surface area contributed by atoms with Gasteiger partial charge in [0.2, 0.25) is 0 Å². The SMILES string of the molecule is Cc1ccc2c(c1)CC(Cn1c(=O)cc[nH]c1=O)O2. The van der Waals surface area contributed by atoms with Crippen LogP contribution in [0.5, 0.6) is 5.75 Å². The first kappa shape index (κ1) is 11.8. The van der Waals surface area contributed by atoms with Crippen molar-refractivity contribution < 1.29 is 4.74 Å². The standard InChI is InChI=1S/C14H14N2O3/c1-9-2-3-12-10(6-9)7-11(19-12)8-16-13(17)4-5-15-14(16)18/h2-6,11H,7-8H2,1H3,(H,15,18). The van der Waals surface area contributed by atoms with Gasteiger partial charge in [-0.05, 0) is 18.6 Å². The number of aromatic nitrogens is 2. The molecule has 1 aliphatic rings. The van der Waals surface area contributed by atoms with E-state index in [1.165, 1.54) is 22.4 Å². The molecular formula is C14H14N2O3. The molecule has 0 saturated carbocycles. The third-order valence-electron chi connectivity index (χ3n) is 3.29. The third-order valence-corrected chi connectivity index (χ3v) is 3.29. The van der Waals surface area contributed by atoms with Crippen LogP contribution in [0.15, 0.2) is 40.1 Å². The maximum Gasteiger partial charge on any atom is 0.328 e. The zero-order valence-electron chi connectivity index (χ0n) is 10.6. The smallest absolute Gasteiger partial charge is 0.328 e. The summed E-state index contributed by atoms with van der Waals surface area (Å²) in [6.07, 6.45) is 1.91. The van der Waals surface area contributed by atoms with E-state index in [-0.39, 0.29) is 18.2 Å². The molecule has 0 spiro atoms. The summed E-state index contributed by atoms with van der Waals surface area (Å²) in [6.45, 7) is 2.29. The molecule has 0 radical (unpaired) electrons. The zero-order chi connectivity index (χ0) is 13.4. The van der Waals surface area contributed by atoms with Gasteiger partial charge in [-0.2, -0.15) is 0 Å². The van der Waals surface area contributed by atoms with E-state index >= 15 is 0 Å². The number of fused-ring (bicyclic) bond motifs is 1. The Kier molecular flexibility index (Phi) is 2.74. The van der Waals surface area contributed by atoms with Crippen LogP contribution < -0.4 is 16.0 Å². The first-order valence-electron chi connectivity index (χ1n) is 6.18. The topological polar surface area (TPSA) is 64.1 Å². The Morgan fingerprint density at radius 1 is 1.37 bits per heavy atom. The van der Waals surface area contributed by atoms with Crippen LogP contribution in [0.25, 0.3) is 0 Å². The number of hydrogen-bond donors (Lipinski definition) is 1. The summed E-state index contributed by atoms with van der Waals surface area (Å²) < 4.78 is 6.93. The van der Waals surface area contributed by atoms with E-state index < -0.39 is 5.69 Å². The minimum absolute atomic E-state index is 0.169. The lowest BCUT2D eigenvalue weighted by atomic mass is 10.1. The number of aryl methyl sites for hydroxylation is 1. The molecule has 1 unspecified atom stereocenters. The summed E-state index contributed by atoms with van der Waals surface area (Å²) in [5, 5.41) is 0. The monoisotopic (exact) mass is 258 g/mol. The molecule has 19 heavy (non-hydrogen) atoms. The van der Waals surface area contributed by atoms with Gasteiger partial charge in [-0.25, -0.2) is 4.79 Å². The fourth-order valence-electron chi connectivity index (χ4n) is 2.38. The summed E-state index contributed by atoms with van der Waals surface area (Å²) in [5.74, 6) is 0.844. The van der Waals surface area contributed by atoms with Gasteiger partial charge in [0.1, 0.15) is 11.9 Å². The molecule has 2 aromatic rings. The van der Waals surface area contributed by atoms with Crippen molar-refractivity contribution in [1.82, 2.24) is 9.55 Å². The number of aromatic amines is 1. The van der Waals surface area contributed by atoms with Gasteiger partial charge < -0.3 is 9.72 Å². The van der Waals surface area contributed by atoms with Crippen LogP contribution in [0, 0.1) is 6.92 Å². The van der Waals surface area contributed by atoms with E-state index in [1.807, 2.05) is 19.1 Å². The van der Waals surface area contributed by atoms with E-state index in [2.05, 4.69) is 11.1 Å². The molecule has 3 rings (SSSR count). The van der Waals surface area contributed by atoms with Gasteiger partial charge in [-0.15, -0.1) is 0 Å². The second-order valence-electron chi connectivity index (χ2n) is 4.79. The number of rotatable bonds is 2. The van der Waals surface area contributed by atoms with Crippen LogP contribution in [-0.4, -0.2) is 15.7 Å². The van der Waals surface area contributed by atoms with Crippen LogP contribution >= 0.6 is 0 Å². The predicted octanol–water partition coefficient (Wildman–Crippen LogP) is 0.849. The summed E-state index contributed by atoms with van der Waals surface area (Å²) >= 11 is 0. The zero-order valence-corrected chi connectivity index (χ0v) is 10.6. The number of hydrogen-bond acceptors (Lipinski definition) is 3. The molecule has 1 aliphatic heterocycles. The molecule has 2 heterocycles. The molecule has 1 aromatic heterocycles. The molecule has 0 amide bonds. The molecule has 0 aliphatic carbocycles. The quantitative estimate of drug-likeness (QED) is 0.868. The van der Waals surface area contributed by atoms with E-state index in [0.717, 1.165) is 17.7 Å². The Balaban J connectivity index is 1.85. The average molecular weight is 258 g/mol. The number of nitrogens with one attached hydrogen (secondary N) is 1. The van der Waals surface area contributed by atoms with E-state index in [9.17, 15) is 9.59 Å². The molecule has 0 fully saturated rings. The molecule has 5 heteroatoms. The van der Waals surface area contributed by atoms with Crippen molar-refractivity contribution in [3.8, 4) is 5.75 Å². The summed E-state index contributed by atoms with van der Waals surface area (Å²) in [6, 6.07) is 7.34. The van der Waals surface area contributed by atoms with Crippen molar-refractivity contribution >= 4 is 0 Å². The van der Waals surface area contributed by atoms with Gasteiger partial charge in [0.15, 0.2) is 0 Å². The average Bonchev–Trinajstić information content (AvgIpc) is 2.75. The molecule has 98 valence electrons. The Bertz CT molecular complexity index is 702. The fraction of sp³-hybridized carbons (Fsp3) is 0.286. The Labute approximate surface area is 109 Å². The second kappa shape index (κ2) is 4.42. The first-order valence-corrected chi connectivity index (χ1v) is 6.18. The van der Waals surface area contributed by atoms with Crippen molar-refractivity contribution in [3.63, 3.8) is 0 Å². The fourth-order valence-corrected chi connectivity index (χ4v) is 2.38. The largest absolute Gasteiger partial charge is 0.488 e. The minimum Gasteiger partial charge on any atom is -0.488 e. The van der Waals surface area contributed by atoms with Crippen LogP contribution in [0.1, 0.15) is 11.1 Å². The Morgan fingerprint density at radius 3 is 3.00 bits per heavy atom. The highest BCUT2D eigenvalue weighted by atomic mass is 16.5. The maximum atomic E-state index is 11.6. The van der Waals surface area contributed by atoms with Gasteiger partial charge in [-0.3, -0.25) is 9.36 Å². The van der Waals surface area contributed by atoms with Crippen molar-refractivity contribution in [2.24, 2.45) is 0 Å². The number of benzene rings is 1. The Hall–Kier alpha value is -2.30. The van der Waals surface area contributed by atoms with Crippen molar-refractivity contribution in [2.75, 3.05) is 0 Å². The molecule has 1 aromatic carbocycles. The van der Waals surface area contributed by atoms with E-state index in [1.54, 1.807) is 0 Å². The third kappa shape index (κ3) is 2.19. The number of ether oxygens (including phenoxy) is 1.